The lowest BCUT2D eigenvalue weighted by Gasteiger charge is -2.08. The topological polar surface area (TPSA) is 55.1 Å². The van der Waals surface area contributed by atoms with Crippen LogP contribution < -0.4 is 5.32 Å². The normalized spacial score (nSPS) is 10.3. The molecule has 1 heterocycles. The highest BCUT2D eigenvalue weighted by Gasteiger charge is 2.10. The second kappa shape index (κ2) is 4.71. The molecule has 0 aliphatic carbocycles. The molecule has 2 aromatic rings. The average molecular weight is 295 g/mol. The SMILES string of the molecule is Cc1cc(NC(=O)c2ccon2)cc(C)c1Br. The number of nitrogens with zero attached hydrogens (tertiary/aromatic N) is 1. The van der Waals surface area contributed by atoms with Crippen LogP contribution in [0.4, 0.5) is 5.69 Å². The molecule has 0 aliphatic heterocycles. The molecular formula is C12H11BrN2O2. The number of hydrogen-bond donors (Lipinski definition) is 1. The van der Waals surface area contributed by atoms with Crippen molar-refractivity contribution in [2.24, 2.45) is 0 Å². The number of rotatable bonds is 2. The van der Waals surface area contributed by atoms with Crippen LogP contribution in [0.3, 0.4) is 0 Å². The van der Waals surface area contributed by atoms with Crippen LogP contribution in [0, 0.1) is 13.8 Å². The van der Waals surface area contributed by atoms with Gasteiger partial charge in [-0.05, 0) is 37.1 Å². The fourth-order valence-corrected chi connectivity index (χ4v) is 1.77. The maximum absolute atomic E-state index is 11.7. The summed E-state index contributed by atoms with van der Waals surface area (Å²) in [5, 5.41) is 6.35. The van der Waals surface area contributed by atoms with Gasteiger partial charge in [0.15, 0.2) is 5.69 Å². The van der Waals surface area contributed by atoms with Gasteiger partial charge in [0.25, 0.3) is 5.91 Å². The molecule has 0 spiro atoms. The molecule has 1 N–H and O–H groups in total. The van der Waals surface area contributed by atoms with Gasteiger partial charge in [0.1, 0.15) is 6.26 Å². The second-order valence-electron chi connectivity index (χ2n) is 3.76. The zero-order valence-corrected chi connectivity index (χ0v) is 11.0. The zero-order valence-electron chi connectivity index (χ0n) is 9.45. The third-order valence-corrected chi connectivity index (χ3v) is 3.62. The Morgan fingerprint density at radius 1 is 1.35 bits per heavy atom. The number of anilines is 1. The summed E-state index contributed by atoms with van der Waals surface area (Å²) in [5.74, 6) is -0.278. The lowest BCUT2D eigenvalue weighted by molar-refractivity contribution is 0.101. The first-order valence-corrected chi connectivity index (χ1v) is 5.85. The average Bonchev–Trinajstić information content (AvgIpc) is 2.79. The number of benzene rings is 1. The molecule has 0 aliphatic rings. The number of aryl methyl sites for hydroxylation is 2. The van der Waals surface area contributed by atoms with E-state index in [9.17, 15) is 4.79 Å². The summed E-state index contributed by atoms with van der Waals surface area (Å²) in [5.41, 5.74) is 3.15. The summed E-state index contributed by atoms with van der Waals surface area (Å²) in [6.07, 6.45) is 1.37. The van der Waals surface area contributed by atoms with Crippen LogP contribution >= 0.6 is 15.9 Å². The van der Waals surface area contributed by atoms with E-state index >= 15 is 0 Å². The molecule has 0 radical (unpaired) electrons. The predicted octanol–water partition coefficient (Wildman–Crippen LogP) is 3.31. The molecule has 0 saturated carbocycles. The molecular weight excluding hydrogens is 284 g/mol. The summed E-state index contributed by atoms with van der Waals surface area (Å²) >= 11 is 3.48. The molecule has 0 saturated heterocycles. The summed E-state index contributed by atoms with van der Waals surface area (Å²) in [6, 6.07) is 5.32. The first-order valence-electron chi connectivity index (χ1n) is 5.06. The van der Waals surface area contributed by atoms with Crippen LogP contribution in [0.1, 0.15) is 21.6 Å². The van der Waals surface area contributed by atoms with E-state index in [0.717, 1.165) is 21.3 Å². The Kier molecular flexibility index (Phi) is 3.28. The van der Waals surface area contributed by atoms with Crippen molar-refractivity contribution in [3.8, 4) is 0 Å². The summed E-state index contributed by atoms with van der Waals surface area (Å²) < 4.78 is 5.67. The minimum Gasteiger partial charge on any atom is -0.364 e. The van der Waals surface area contributed by atoms with Gasteiger partial charge in [0.05, 0.1) is 0 Å². The van der Waals surface area contributed by atoms with E-state index in [1.807, 2.05) is 26.0 Å². The number of carbonyl (C=O) groups excluding carboxylic acids is 1. The van der Waals surface area contributed by atoms with Gasteiger partial charge in [-0.15, -0.1) is 0 Å². The fraction of sp³-hybridized carbons (Fsp3) is 0.167. The molecule has 5 heteroatoms. The van der Waals surface area contributed by atoms with Gasteiger partial charge in [-0.1, -0.05) is 21.1 Å². The molecule has 88 valence electrons. The van der Waals surface area contributed by atoms with E-state index in [-0.39, 0.29) is 11.6 Å². The number of halogens is 1. The Morgan fingerprint density at radius 2 is 2.00 bits per heavy atom. The van der Waals surface area contributed by atoms with E-state index in [0.29, 0.717) is 0 Å². The Bertz CT molecular complexity index is 527. The van der Waals surface area contributed by atoms with Gasteiger partial charge < -0.3 is 9.84 Å². The Morgan fingerprint density at radius 3 is 2.53 bits per heavy atom. The van der Waals surface area contributed by atoms with Crippen LogP contribution in [0.2, 0.25) is 0 Å². The number of hydrogen-bond acceptors (Lipinski definition) is 3. The molecule has 1 aromatic carbocycles. The van der Waals surface area contributed by atoms with Gasteiger partial charge in [-0.2, -0.15) is 0 Å². The number of amides is 1. The summed E-state index contributed by atoms with van der Waals surface area (Å²) in [7, 11) is 0. The maximum atomic E-state index is 11.7. The predicted molar refractivity (Wildman–Crippen MR) is 68.1 cm³/mol. The van der Waals surface area contributed by atoms with E-state index in [1.54, 1.807) is 0 Å². The molecule has 0 unspecified atom stereocenters. The van der Waals surface area contributed by atoms with Gasteiger partial charge in [-0.25, -0.2) is 0 Å². The number of nitrogens with one attached hydrogen (secondary N) is 1. The van der Waals surface area contributed by atoms with E-state index in [4.69, 9.17) is 0 Å². The van der Waals surface area contributed by atoms with E-state index in [1.165, 1.54) is 12.3 Å². The van der Waals surface area contributed by atoms with E-state index in [2.05, 4.69) is 30.9 Å². The molecule has 0 bridgehead atoms. The van der Waals surface area contributed by atoms with Gasteiger partial charge in [-0.3, -0.25) is 4.79 Å². The minimum absolute atomic E-state index is 0.267. The number of carbonyl (C=O) groups is 1. The maximum Gasteiger partial charge on any atom is 0.277 e. The van der Waals surface area contributed by atoms with Crippen molar-refractivity contribution in [3.63, 3.8) is 0 Å². The zero-order chi connectivity index (χ0) is 12.4. The van der Waals surface area contributed by atoms with Gasteiger partial charge in [0, 0.05) is 16.2 Å². The molecule has 1 aromatic heterocycles. The second-order valence-corrected chi connectivity index (χ2v) is 4.56. The number of aromatic nitrogens is 1. The first kappa shape index (κ1) is 11.9. The van der Waals surface area contributed by atoms with Crippen LogP contribution in [0.15, 0.2) is 33.5 Å². The van der Waals surface area contributed by atoms with Gasteiger partial charge >= 0.3 is 0 Å². The molecule has 17 heavy (non-hydrogen) atoms. The van der Waals surface area contributed by atoms with Crippen LogP contribution in [0.5, 0.6) is 0 Å². The van der Waals surface area contributed by atoms with Crippen molar-refractivity contribution in [1.82, 2.24) is 5.16 Å². The Hall–Kier alpha value is -1.62. The standard InChI is InChI=1S/C12H11BrN2O2/c1-7-5-9(6-8(2)11(7)13)14-12(16)10-3-4-17-15-10/h3-6H,1-2H3,(H,14,16). The smallest absolute Gasteiger partial charge is 0.277 e. The van der Waals surface area contributed by atoms with Crippen molar-refractivity contribution in [1.29, 1.82) is 0 Å². The van der Waals surface area contributed by atoms with Crippen LogP contribution in [-0.4, -0.2) is 11.1 Å². The lowest BCUT2D eigenvalue weighted by atomic mass is 10.1. The molecule has 2 rings (SSSR count). The van der Waals surface area contributed by atoms with Crippen molar-refractivity contribution in [3.05, 3.63) is 45.8 Å². The van der Waals surface area contributed by atoms with Crippen molar-refractivity contribution < 1.29 is 9.32 Å². The highest BCUT2D eigenvalue weighted by atomic mass is 79.9. The molecule has 4 nitrogen and oxygen atoms in total. The lowest BCUT2D eigenvalue weighted by Crippen LogP contribution is -2.12. The quantitative estimate of drug-likeness (QED) is 0.924. The first-order chi connectivity index (χ1) is 8.08. The van der Waals surface area contributed by atoms with Crippen molar-refractivity contribution in [2.45, 2.75) is 13.8 Å². The van der Waals surface area contributed by atoms with Crippen molar-refractivity contribution in [2.75, 3.05) is 5.32 Å². The van der Waals surface area contributed by atoms with Crippen molar-refractivity contribution >= 4 is 27.5 Å². The summed E-state index contributed by atoms with van der Waals surface area (Å²) in [4.78, 5) is 11.7. The monoisotopic (exact) mass is 294 g/mol. The summed E-state index contributed by atoms with van der Waals surface area (Å²) in [6.45, 7) is 3.95. The largest absolute Gasteiger partial charge is 0.364 e. The van der Waals surface area contributed by atoms with Gasteiger partial charge in [0.2, 0.25) is 0 Å². The molecule has 1 amide bonds. The third-order valence-electron chi connectivity index (χ3n) is 2.36. The van der Waals surface area contributed by atoms with E-state index < -0.39 is 0 Å². The Balaban J connectivity index is 2.22. The molecule has 0 fully saturated rings. The van der Waals surface area contributed by atoms with Crippen LogP contribution in [-0.2, 0) is 0 Å². The van der Waals surface area contributed by atoms with Crippen LogP contribution in [0.25, 0.3) is 0 Å². The Labute approximate surface area is 107 Å². The minimum atomic E-state index is -0.278. The molecule has 0 atom stereocenters. The third kappa shape index (κ3) is 2.55. The highest BCUT2D eigenvalue weighted by Crippen LogP contribution is 2.25. The fourth-order valence-electron chi connectivity index (χ4n) is 1.54. The highest BCUT2D eigenvalue weighted by molar-refractivity contribution is 9.10.